The fourth-order valence-corrected chi connectivity index (χ4v) is 6.69. The smallest absolute Gasteiger partial charge is 0.321 e. The topological polar surface area (TPSA) is 89.0 Å². The molecule has 3 fully saturated rings. The molecule has 3 aliphatic rings. The number of aliphatic hydroxyl groups is 1. The molecule has 1 atom stereocenters. The summed E-state index contributed by atoms with van der Waals surface area (Å²) in [6, 6.07) is 5.19. The van der Waals surface area contributed by atoms with Gasteiger partial charge in [0, 0.05) is 56.0 Å². The molecule has 1 saturated carbocycles. The lowest BCUT2D eigenvalue weighted by Crippen LogP contribution is -2.53. The van der Waals surface area contributed by atoms with Crippen molar-refractivity contribution in [3.8, 4) is 0 Å². The average Bonchev–Trinajstić information content (AvgIpc) is 3.60. The van der Waals surface area contributed by atoms with E-state index in [4.69, 9.17) is 23.2 Å². The molecule has 3 heterocycles. The van der Waals surface area contributed by atoms with Crippen molar-refractivity contribution < 1.29 is 14.7 Å². The van der Waals surface area contributed by atoms with Crippen molar-refractivity contribution in [3.05, 3.63) is 44.8 Å². The Bertz CT molecular complexity index is 1090. The van der Waals surface area contributed by atoms with Crippen LogP contribution in [0.3, 0.4) is 0 Å². The van der Waals surface area contributed by atoms with E-state index in [0.29, 0.717) is 60.8 Å². The minimum absolute atomic E-state index is 0.00126. The maximum atomic E-state index is 13.2. The summed E-state index contributed by atoms with van der Waals surface area (Å²) in [4.78, 5) is 36.3. The van der Waals surface area contributed by atoms with E-state index in [1.54, 1.807) is 29.3 Å². The van der Waals surface area contributed by atoms with Crippen LogP contribution in [0.15, 0.2) is 29.8 Å². The van der Waals surface area contributed by atoms with Crippen molar-refractivity contribution in [3.63, 3.8) is 0 Å². The third-order valence-corrected chi connectivity index (χ3v) is 9.45. The van der Waals surface area contributed by atoms with E-state index in [1.165, 1.54) is 11.3 Å². The van der Waals surface area contributed by atoms with E-state index in [1.807, 2.05) is 10.3 Å². The van der Waals surface area contributed by atoms with Crippen LogP contribution in [-0.4, -0.2) is 82.0 Å². The van der Waals surface area contributed by atoms with Gasteiger partial charge in [-0.25, -0.2) is 9.78 Å². The zero-order chi connectivity index (χ0) is 25.3. The maximum Gasteiger partial charge on any atom is 0.321 e. The molecule has 1 aromatic carbocycles. The number of amides is 3. The van der Waals surface area contributed by atoms with E-state index < -0.39 is 5.60 Å². The van der Waals surface area contributed by atoms with Gasteiger partial charge in [-0.1, -0.05) is 23.2 Å². The largest absolute Gasteiger partial charge is 0.383 e. The Morgan fingerprint density at radius 1 is 1.03 bits per heavy atom. The maximum absolute atomic E-state index is 13.2. The van der Waals surface area contributed by atoms with Gasteiger partial charge in [0.1, 0.15) is 10.6 Å². The van der Waals surface area contributed by atoms with Gasteiger partial charge in [0.25, 0.3) is 0 Å². The first-order valence-corrected chi connectivity index (χ1v) is 14.1. The van der Waals surface area contributed by atoms with Crippen LogP contribution in [0.2, 0.25) is 10.0 Å². The van der Waals surface area contributed by atoms with Gasteiger partial charge in [-0.3, -0.25) is 9.69 Å². The van der Waals surface area contributed by atoms with Crippen molar-refractivity contribution in [1.29, 1.82) is 0 Å². The monoisotopic (exact) mass is 551 g/mol. The van der Waals surface area contributed by atoms with Crippen molar-refractivity contribution in [2.24, 2.45) is 5.92 Å². The predicted molar refractivity (Wildman–Crippen MR) is 142 cm³/mol. The molecule has 1 aliphatic carbocycles. The lowest BCUT2D eigenvalue weighted by Gasteiger charge is -2.39. The van der Waals surface area contributed by atoms with Crippen molar-refractivity contribution in [1.82, 2.24) is 19.7 Å². The van der Waals surface area contributed by atoms with Crippen LogP contribution in [-0.2, 0) is 10.4 Å². The van der Waals surface area contributed by atoms with Crippen molar-refractivity contribution in [2.75, 3.05) is 44.6 Å². The molecule has 11 heteroatoms. The Hall–Kier alpha value is -1.91. The summed E-state index contributed by atoms with van der Waals surface area (Å²) in [6.07, 6.45) is 5.89. The van der Waals surface area contributed by atoms with E-state index in [9.17, 15) is 14.7 Å². The Morgan fingerprint density at radius 3 is 2.42 bits per heavy atom. The Balaban J connectivity index is 1.07. The second kappa shape index (κ2) is 10.8. The lowest BCUT2D eigenvalue weighted by molar-refractivity contribution is -0.136. The molecule has 2 aliphatic heterocycles. The molecule has 0 bridgehead atoms. The third kappa shape index (κ3) is 5.50. The van der Waals surface area contributed by atoms with Gasteiger partial charge >= 0.3 is 6.03 Å². The van der Waals surface area contributed by atoms with Crippen LogP contribution in [0.4, 0.5) is 10.5 Å². The van der Waals surface area contributed by atoms with Crippen LogP contribution in [0, 0.1) is 5.92 Å². The summed E-state index contributed by atoms with van der Waals surface area (Å²) in [5.74, 6) is 0.193. The van der Waals surface area contributed by atoms with Crippen molar-refractivity contribution in [2.45, 2.75) is 43.7 Å². The molecular weight excluding hydrogens is 521 g/mol. The number of hydrogen-bond donors (Lipinski definition) is 2. The highest BCUT2D eigenvalue weighted by molar-refractivity contribution is 7.09. The number of halogens is 2. The number of likely N-dealkylation sites (tertiary alicyclic amines) is 1. The van der Waals surface area contributed by atoms with Gasteiger partial charge in [0.2, 0.25) is 5.91 Å². The number of aromatic nitrogens is 1. The van der Waals surface area contributed by atoms with E-state index in [2.05, 4.69) is 15.2 Å². The van der Waals surface area contributed by atoms with Crippen molar-refractivity contribution >= 4 is 52.2 Å². The third-order valence-electron chi connectivity index (χ3n) is 7.75. The molecule has 2 saturated heterocycles. The zero-order valence-corrected chi connectivity index (χ0v) is 22.4. The average molecular weight is 553 g/mol. The first kappa shape index (κ1) is 25.7. The van der Waals surface area contributed by atoms with Crippen LogP contribution in [0.5, 0.6) is 0 Å². The standard InChI is InChI=1S/C25H31Cl2N5O3S/c26-20-2-1-18(15-21(20)27)29-24(34)31-12-10-30(11-13-31)22(33)17-5-9-32(16-17)19-3-6-25(35,7-4-19)23-28-8-14-36-23/h1-2,8,14-15,17,19,35H,3-7,9-13,16H2,(H,29,34)/t17?,19-,25-. The molecule has 194 valence electrons. The van der Waals surface area contributed by atoms with E-state index in [-0.39, 0.29) is 17.9 Å². The molecule has 0 spiro atoms. The van der Waals surface area contributed by atoms with Gasteiger partial charge in [0.05, 0.1) is 16.0 Å². The SMILES string of the molecule is O=C(Nc1ccc(Cl)c(Cl)c1)N1CCN(C(=O)C2CCN([C@H]3CC[C@@](O)(c4nccs4)CC3)C2)CC1. The molecule has 1 aromatic heterocycles. The minimum atomic E-state index is -0.800. The van der Waals surface area contributed by atoms with Gasteiger partial charge in [0.15, 0.2) is 0 Å². The number of nitrogens with one attached hydrogen (secondary N) is 1. The Morgan fingerprint density at radius 2 is 1.75 bits per heavy atom. The summed E-state index contributed by atoms with van der Waals surface area (Å²) in [5, 5.41) is 17.4. The first-order chi connectivity index (χ1) is 17.3. The quantitative estimate of drug-likeness (QED) is 0.592. The second-order valence-electron chi connectivity index (χ2n) is 9.95. The molecular formula is C25H31Cl2N5O3S. The molecule has 5 rings (SSSR count). The number of urea groups is 1. The Labute approximate surface area is 225 Å². The van der Waals surface area contributed by atoms with E-state index >= 15 is 0 Å². The summed E-state index contributed by atoms with van der Waals surface area (Å²) >= 11 is 13.5. The molecule has 2 aromatic rings. The van der Waals surface area contributed by atoms with Gasteiger partial charge in [-0.2, -0.15) is 0 Å². The van der Waals surface area contributed by atoms with Gasteiger partial charge in [-0.05, 0) is 56.8 Å². The molecule has 1 unspecified atom stereocenters. The molecule has 8 nitrogen and oxygen atoms in total. The number of hydrogen-bond acceptors (Lipinski definition) is 6. The predicted octanol–water partition coefficient (Wildman–Crippen LogP) is 4.28. The molecule has 3 amide bonds. The number of rotatable bonds is 4. The van der Waals surface area contributed by atoms with Gasteiger partial charge in [-0.15, -0.1) is 11.3 Å². The number of nitrogens with zero attached hydrogens (tertiary/aromatic N) is 4. The Kier molecular flexibility index (Phi) is 7.74. The normalized spacial score (nSPS) is 27.3. The number of thiazole rings is 1. The highest BCUT2D eigenvalue weighted by Crippen LogP contribution is 2.40. The van der Waals surface area contributed by atoms with Crippen LogP contribution < -0.4 is 5.32 Å². The fourth-order valence-electron chi connectivity index (χ4n) is 5.60. The number of piperazine rings is 1. The summed E-state index contributed by atoms with van der Waals surface area (Å²) in [7, 11) is 0. The van der Waals surface area contributed by atoms with Crippen LogP contribution in [0.25, 0.3) is 0 Å². The fraction of sp³-hybridized carbons (Fsp3) is 0.560. The highest BCUT2D eigenvalue weighted by atomic mass is 35.5. The number of carbonyl (C=O) groups excluding carboxylic acids is 2. The number of carbonyl (C=O) groups is 2. The van der Waals surface area contributed by atoms with Gasteiger partial charge < -0.3 is 20.2 Å². The second-order valence-corrected chi connectivity index (χ2v) is 11.7. The molecule has 2 N–H and O–H groups in total. The first-order valence-electron chi connectivity index (χ1n) is 12.5. The lowest BCUT2D eigenvalue weighted by atomic mass is 9.82. The summed E-state index contributed by atoms with van der Waals surface area (Å²) in [6.45, 7) is 3.75. The van der Waals surface area contributed by atoms with Crippen LogP contribution in [0.1, 0.15) is 37.1 Å². The minimum Gasteiger partial charge on any atom is -0.383 e. The van der Waals surface area contributed by atoms with Crippen LogP contribution >= 0.6 is 34.5 Å². The summed E-state index contributed by atoms with van der Waals surface area (Å²) in [5.41, 5.74) is -0.211. The number of benzene rings is 1. The summed E-state index contributed by atoms with van der Waals surface area (Å²) < 4.78 is 0. The zero-order valence-electron chi connectivity index (χ0n) is 20.0. The van der Waals surface area contributed by atoms with E-state index in [0.717, 1.165) is 37.4 Å². The highest BCUT2D eigenvalue weighted by Gasteiger charge is 2.41. The number of anilines is 1. The molecule has 0 radical (unpaired) electrons. The molecule has 36 heavy (non-hydrogen) atoms.